The number of hydrogen-bond donors (Lipinski definition) is 1. The Balaban J connectivity index is 1.70. The summed E-state index contributed by atoms with van der Waals surface area (Å²) in [6.45, 7) is 0.394. The number of rotatable bonds is 4. The first kappa shape index (κ1) is 13.8. The van der Waals surface area contributed by atoms with E-state index in [1.54, 1.807) is 10.7 Å². The molecule has 3 nitrogen and oxygen atoms in total. The van der Waals surface area contributed by atoms with Gasteiger partial charge in [-0.25, -0.2) is 9.07 Å². The van der Waals surface area contributed by atoms with Gasteiger partial charge in [0.1, 0.15) is 11.6 Å². The topological polar surface area (TPSA) is 29.9 Å². The number of anilines is 1. The van der Waals surface area contributed by atoms with Crippen LogP contribution in [0.4, 0.5) is 10.2 Å². The van der Waals surface area contributed by atoms with Gasteiger partial charge in [0.05, 0.1) is 5.69 Å². The number of para-hydroxylation sites is 1. The summed E-state index contributed by atoms with van der Waals surface area (Å²) in [5.74, 6) is 0.473. The van der Waals surface area contributed by atoms with Crippen LogP contribution in [0.1, 0.15) is 5.56 Å². The van der Waals surface area contributed by atoms with E-state index in [4.69, 9.17) is 0 Å². The van der Waals surface area contributed by atoms with Crippen LogP contribution in [0.2, 0.25) is 0 Å². The third-order valence-corrected chi connectivity index (χ3v) is 3.58. The van der Waals surface area contributed by atoms with E-state index in [2.05, 4.69) is 26.3 Å². The highest BCUT2D eigenvalue weighted by Crippen LogP contribution is 2.17. The molecule has 0 saturated carbocycles. The lowest BCUT2D eigenvalue weighted by atomic mass is 10.2. The van der Waals surface area contributed by atoms with Gasteiger partial charge in [0.25, 0.3) is 0 Å². The lowest BCUT2D eigenvalue weighted by Gasteiger charge is -2.05. The zero-order valence-corrected chi connectivity index (χ0v) is 12.7. The second-order valence-corrected chi connectivity index (χ2v) is 5.49. The van der Waals surface area contributed by atoms with Crippen molar-refractivity contribution in [3.8, 4) is 5.69 Å². The van der Waals surface area contributed by atoms with Crippen molar-refractivity contribution in [2.24, 2.45) is 0 Å². The molecule has 106 valence electrons. The molecule has 0 spiro atoms. The summed E-state index contributed by atoms with van der Waals surface area (Å²) in [5, 5.41) is 7.54. The van der Waals surface area contributed by atoms with Gasteiger partial charge in [-0.2, -0.15) is 5.10 Å². The van der Waals surface area contributed by atoms with E-state index in [9.17, 15) is 4.39 Å². The molecule has 0 bridgehead atoms. The molecule has 5 heteroatoms. The highest BCUT2D eigenvalue weighted by molar-refractivity contribution is 9.10. The first-order valence-corrected chi connectivity index (χ1v) is 7.30. The zero-order valence-electron chi connectivity index (χ0n) is 11.1. The normalized spacial score (nSPS) is 10.6. The van der Waals surface area contributed by atoms with Crippen LogP contribution in [-0.2, 0) is 6.54 Å². The molecule has 0 atom stereocenters. The Labute approximate surface area is 130 Å². The van der Waals surface area contributed by atoms with E-state index < -0.39 is 0 Å². The van der Waals surface area contributed by atoms with E-state index in [1.165, 1.54) is 6.07 Å². The van der Waals surface area contributed by atoms with Crippen molar-refractivity contribution in [2.75, 3.05) is 5.32 Å². The smallest absolute Gasteiger partial charge is 0.148 e. The minimum absolute atomic E-state index is 0.237. The number of hydrogen-bond acceptors (Lipinski definition) is 2. The van der Waals surface area contributed by atoms with Crippen LogP contribution in [-0.4, -0.2) is 9.78 Å². The molecular weight excluding hydrogens is 333 g/mol. The Bertz CT molecular complexity index is 740. The Morgan fingerprint density at radius 1 is 1.10 bits per heavy atom. The molecule has 0 unspecified atom stereocenters. The van der Waals surface area contributed by atoms with E-state index in [1.807, 2.05) is 48.7 Å². The van der Waals surface area contributed by atoms with Crippen molar-refractivity contribution in [3.63, 3.8) is 0 Å². The Kier molecular flexibility index (Phi) is 4.01. The van der Waals surface area contributed by atoms with E-state index in [0.29, 0.717) is 17.9 Å². The third kappa shape index (κ3) is 3.31. The molecule has 2 aromatic carbocycles. The second-order valence-electron chi connectivity index (χ2n) is 4.57. The molecule has 0 amide bonds. The SMILES string of the molecule is Fc1cc(Br)ccc1CNc1ccn(-c2ccccc2)n1. The molecule has 0 fully saturated rings. The molecule has 21 heavy (non-hydrogen) atoms. The first-order chi connectivity index (χ1) is 10.2. The van der Waals surface area contributed by atoms with Gasteiger partial charge in [-0.05, 0) is 24.3 Å². The summed E-state index contributed by atoms with van der Waals surface area (Å²) in [5.41, 5.74) is 1.59. The summed E-state index contributed by atoms with van der Waals surface area (Å²) in [4.78, 5) is 0. The Morgan fingerprint density at radius 2 is 1.90 bits per heavy atom. The van der Waals surface area contributed by atoms with Crippen molar-refractivity contribution in [1.29, 1.82) is 0 Å². The number of nitrogens with zero attached hydrogens (tertiary/aromatic N) is 2. The van der Waals surface area contributed by atoms with Gasteiger partial charge >= 0.3 is 0 Å². The zero-order chi connectivity index (χ0) is 14.7. The monoisotopic (exact) mass is 345 g/mol. The fraction of sp³-hybridized carbons (Fsp3) is 0.0625. The predicted octanol–water partition coefficient (Wildman–Crippen LogP) is 4.39. The van der Waals surface area contributed by atoms with Crippen LogP contribution < -0.4 is 5.32 Å². The largest absolute Gasteiger partial charge is 0.364 e. The fourth-order valence-corrected chi connectivity index (χ4v) is 2.33. The van der Waals surface area contributed by atoms with Crippen molar-refractivity contribution >= 4 is 21.7 Å². The number of benzene rings is 2. The van der Waals surface area contributed by atoms with E-state index >= 15 is 0 Å². The molecule has 0 saturated heterocycles. The molecule has 3 rings (SSSR count). The molecule has 1 heterocycles. The van der Waals surface area contributed by atoms with Gasteiger partial charge < -0.3 is 5.32 Å². The van der Waals surface area contributed by atoms with Gasteiger partial charge in [-0.3, -0.25) is 0 Å². The van der Waals surface area contributed by atoms with Crippen molar-refractivity contribution in [3.05, 3.63) is 76.6 Å². The maximum Gasteiger partial charge on any atom is 0.148 e. The van der Waals surface area contributed by atoms with Gasteiger partial charge in [0.2, 0.25) is 0 Å². The molecule has 3 aromatic rings. The first-order valence-electron chi connectivity index (χ1n) is 6.51. The van der Waals surface area contributed by atoms with Gasteiger partial charge in [0.15, 0.2) is 0 Å². The average Bonchev–Trinajstić information content (AvgIpc) is 2.96. The van der Waals surface area contributed by atoms with Crippen molar-refractivity contribution in [1.82, 2.24) is 9.78 Å². The number of nitrogens with one attached hydrogen (secondary N) is 1. The predicted molar refractivity (Wildman–Crippen MR) is 85.0 cm³/mol. The Hall–Kier alpha value is -2.14. The molecule has 0 radical (unpaired) electrons. The van der Waals surface area contributed by atoms with E-state index in [0.717, 1.165) is 10.2 Å². The summed E-state index contributed by atoms with van der Waals surface area (Å²) in [6.07, 6.45) is 1.87. The molecule has 0 aliphatic rings. The maximum absolute atomic E-state index is 13.7. The summed E-state index contributed by atoms with van der Waals surface area (Å²) in [6, 6.07) is 16.7. The highest BCUT2D eigenvalue weighted by atomic mass is 79.9. The highest BCUT2D eigenvalue weighted by Gasteiger charge is 2.04. The Morgan fingerprint density at radius 3 is 2.67 bits per heavy atom. The van der Waals surface area contributed by atoms with Crippen LogP contribution in [0.15, 0.2) is 65.3 Å². The van der Waals surface area contributed by atoms with Crippen molar-refractivity contribution < 1.29 is 4.39 Å². The van der Waals surface area contributed by atoms with Gasteiger partial charge in [-0.1, -0.05) is 40.2 Å². The van der Waals surface area contributed by atoms with Crippen LogP contribution in [0, 0.1) is 5.82 Å². The van der Waals surface area contributed by atoms with Gasteiger partial charge in [-0.15, -0.1) is 0 Å². The minimum Gasteiger partial charge on any atom is -0.364 e. The number of aromatic nitrogens is 2. The molecule has 0 aliphatic carbocycles. The van der Waals surface area contributed by atoms with Crippen LogP contribution in [0.5, 0.6) is 0 Å². The second kappa shape index (κ2) is 6.10. The van der Waals surface area contributed by atoms with Crippen LogP contribution in [0.3, 0.4) is 0 Å². The standard InChI is InChI=1S/C16H13BrFN3/c17-13-7-6-12(15(18)10-13)11-19-16-8-9-21(20-16)14-4-2-1-3-5-14/h1-10H,11H2,(H,19,20). The molecule has 0 aliphatic heterocycles. The summed E-state index contributed by atoms with van der Waals surface area (Å²) >= 11 is 3.25. The van der Waals surface area contributed by atoms with Crippen LogP contribution >= 0.6 is 15.9 Å². The van der Waals surface area contributed by atoms with Gasteiger partial charge in [0, 0.05) is 28.8 Å². The average molecular weight is 346 g/mol. The summed E-state index contributed by atoms with van der Waals surface area (Å²) < 4.78 is 16.2. The van der Waals surface area contributed by atoms with Crippen LogP contribution in [0.25, 0.3) is 5.69 Å². The van der Waals surface area contributed by atoms with Crippen molar-refractivity contribution in [2.45, 2.75) is 6.54 Å². The fourth-order valence-electron chi connectivity index (χ4n) is 1.99. The molecule has 1 N–H and O–H groups in total. The minimum atomic E-state index is -0.237. The number of halogens is 2. The lowest BCUT2D eigenvalue weighted by Crippen LogP contribution is -2.03. The third-order valence-electron chi connectivity index (χ3n) is 3.08. The van der Waals surface area contributed by atoms with E-state index in [-0.39, 0.29) is 5.82 Å². The molecule has 1 aromatic heterocycles. The molecular formula is C16H13BrFN3. The quantitative estimate of drug-likeness (QED) is 0.760. The lowest BCUT2D eigenvalue weighted by molar-refractivity contribution is 0.612. The summed E-state index contributed by atoms with van der Waals surface area (Å²) in [7, 11) is 0. The maximum atomic E-state index is 13.7.